The molecule has 8 nitrogen and oxygen atoms in total. The number of nitrogens with two attached hydrogens (primary N) is 1. The van der Waals surface area contributed by atoms with E-state index < -0.39 is 11.8 Å². The average Bonchev–Trinajstić information content (AvgIpc) is 3.02. The molecule has 4 atom stereocenters. The number of nitrogen functional groups attached to an aromatic ring is 1. The fraction of sp³-hybridized carbons (Fsp3) is 0.650. The number of hydrogen-bond acceptors (Lipinski definition) is 7. The van der Waals surface area contributed by atoms with Gasteiger partial charge < -0.3 is 19.9 Å². The van der Waals surface area contributed by atoms with E-state index in [1.54, 1.807) is 4.52 Å². The molecule has 0 radical (unpaired) electrons. The van der Waals surface area contributed by atoms with Crippen LogP contribution in [-0.2, 0) is 14.2 Å². The Morgan fingerprint density at radius 2 is 2.07 bits per heavy atom. The minimum absolute atomic E-state index is 0.0130. The minimum Gasteiger partial charge on any atom is -0.431 e. The lowest BCUT2D eigenvalue weighted by molar-refractivity contribution is -0.0533. The molecule has 2 saturated carbocycles. The lowest BCUT2D eigenvalue weighted by Crippen LogP contribution is -2.27. The van der Waals surface area contributed by atoms with Gasteiger partial charge in [-0.25, -0.2) is 14.3 Å². The highest BCUT2D eigenvalue weighted by atomic mass is 16.7. The maximum Gasteiger partial charge on any atom is 0.508 e. The average molecular weight is 386 g/mol. The van der Waals surface area contributed by atoms with E-state index in [4.69, 9.17) is 19.9 Å². The van der Waals surface area contributed by atoms with Crippen LogP contribution in [0, 0.1) is 11.8 Å². The Kier molecular flexibility index (Phi) is 4.01. The molecule has 3 heterocycles. The van der Waals surface area contributed by atoms with Gasteiger partial charge in [0.15, 0.2) is 5.82 Å². The van der Waals surface area contributed by atoms with Crippen molar-refractivity contribution < 1.29 is 19.0 Å². The maximum absolute atomic E-state index is 12.2. The van der Waals surface area contributed by atoms with Gasteiger partial charge >= 0.3 is 6.16 Å². The molecule has 1 aliphatic heterocycles. The van der Waals surface area contributed by atoms with Crippen LogP contribution in [0.3, 0.4) is 0 Å². The number of aromatic nitrogens is 3. The van der Waals surface area contributed by atoms with Crippen LogP contribution in [0.1, 0.15) is 57.7 Å². The summed E-state index contributed by atoms with van der Waals surface area (Å²) in [5.41, 5.74) is 7.15. The predicted octanol–water partition coefficient (Wildman–Crippen LogP) is 3.26. The van der Waals surface area contributed by atoms with Crippen LogP contribution in [0.2, 0.25) is 0 Å². The quantitative estimate of drug-likeness (QED) is 0.808. The smallest absolute Gasteiger partial charge is 0.431 e. The molecule has 0 aromatic carbocycles. The van der Waals surface area contributed by atoms with Gasteiger partial charge in [0, 0.05) is 5.92 Å². The summed E-state index contributed by atoms with van der Waals surface area (Å²) in [7, 11) is 0. The van der Waals surface area contributed by atoms with E-state index in [1.165, 1.54) is 6.33 Å². The first-order chi connectivity index (χ1) is 13.5. The molecule has 5 rings (SSSR count). The molecular formula is C20H26N4O4. The molecule has 150 valence electrons. The van der Waals surface area contributed by atoms with Crippen LogP contribution in [0.15, 0.2) is 18.5 Å². The molecule has 2 unspecified atom stereocenters. The first-order valence-corrected chi connectivity index (χ1v) is 10.1. The third kappa shape index (κ3) is 2.82. The number of carbonyl (C=O) groups excluding carboxylic acids is 1. The van der Waals surface area contributed by atoms with Gasteiger partial charge in [0.25, 0.3) is 0 Å². The zero-order valence-corrected chi connectivity index (χ0v) is 16.2. The van der Waals surface area contributed by atoms with Gasteiger partial charge in [0.05, 0.1) is 5.69 Å². The molecule has 0 spiro atoms. The van der Waals surface area contributed by atoms with E-state index in [9.17, 15) is 4.79 Å². The van der Waals surface area contributed by atoms with Gasteiger partial charge in [-0.15, -0.1) is 0 Å². The van der Waals surface area contributed by atoms with Crippen LogP contribution >= 0.6 is 0 Å². The Bertz CT molecular complexity index is 907. The molecule has 2 aromatic heterocycles. The summed E-state index contributed by atoms with van der Waals surface area (Å²) in [5, 5.41) is 4.29. The SMILES string of the molecule is C[C@]12O[C@@H](c3ccc4c(N)ncnn34)CC1C2OC(=O)O[C@H]1CC[C@H](C)CC1. The number of fused-ring (bicyclic) bond motifs is 2. The third-order valence-electron chi connectivity index (χ3n) is 6.71. The van der Waals surface area contributed by atoms with Crippen molar-refractivity contribution in [3.63, 3.8) is 0 Å². The number of ether oxygens (including phenoxy) is 3. The number of nitrogens with zero attached hydrogens (tertiary/aromatic N) is 3. The molecule has 3 fully saturated rings. The van der Waals surface area contributed by atoms with Gasteiger partial charge in [-0.1, -0.05) is 6.92 Å². The highest BCUT2D eigenvalue weighted by Gasteiger charge is 2.71. The standard InChI is InChI=1S/C20H26N4O4/c1-11-3-5-12(6-4-11)26-19(25)27-17-13-9-16(28-20(13,17)2)14-7-8-15-18(21)22-10-23-24(14)15/h7-8,10-13,16-17H,3-6,9H2,1-2H3,(H2,21,22,23)/t11-,12-,13?,16-,17?,20+/m1/s1. The Morgan fingerprint density at radius 1 is 1.29 bits per heavy atom. The number of rotatable bonds is 3. The molecule has 2 aliphatic carbocycles. The van der Waals surface area contributed by atoms with Crippen LogP contribution < -0.4 is 5.73 Å². The zero-order chi connectivity index (χ0) is 19.5. The van der Waals surface area contributed by atoms with Gasteiger partial charge in [-0.2, -0.15) is 5.10 Å². The summed E-state index contributed by atoms with van der Waals surface area (Å²) in [4.78, 5) is 16.2. The zero-order valence-electron chi connectivity index (χ0n) is 16.2. The van der Waals surface area contributed by atoms with E-state index in [0.29, 0.717) is 11.7 Å². The largest absolute Gasteiger partial charge is 0.508 e. The topological polar surface area (TPSA) is 101 Å². The second-order valence-electron chi connectivity index (χ2n) is 8.62. The Labute approximate surface area is 163 Å². The molecule has 2 aromatic rings. The van der Waals surface area contributed by atoms with Crippen molar-refractivity contribution in [2.24, 2.45) is 11.8 Å². The van der Waals surface area contributed by atoms with Crippen LogP contribution in [0.25, 0.3) is 5.52 Å². The van der Waals surface area contributed by atoms with Gasteiger partial charge in [-0.3, -0.25) is 0 Å². The summed E-state index contributed by atoms with van der Waals surface area (Å²) < 4.78 is 19.2. The Hall–Kier alpha value is -2.35. The van der Waals surface area contributed by atoms with E-state index in [2.05, 4.69) is 17.0 Å². The first-order valence-electron chi connectivity index (χ1n) is 10.1. The highest BCUT2D eigenvalue weighted by Crippen LogP contribution is 2.61. The van der Waals surface area contributed by atoms with Crippen molar-refractivity contribution in [3.05, 3.63) is 24.2 Å². The van der Waals surface area contributed by atoms with E-state index in [1.807, 2.05) is 19.1 Å². The molecule has 28 heavy (non-hydrogen) atoms. The van der Waals surface area contributed by atoms with E-state index >= 15 is 0 Å². The normalized spacial score (nSPS) is 36.9. The second kappa shape index (κ2) is 6.34. The van der Waals surface area contributed by atoms with Crippen molar-refractivity contribution in [2.45, 2.75) is 69.9 Å². The summed E-state index contributed by atoms with van der Waals surface area (Å²) in [6, 6.07) is 3.87. The summed E-state index contributed by atoms with van der Waals surface area (Å²) >= 11 is 0. The second-order valence-corrected chi connectivity index (χ2v) is 8.62. The lowest BCUT2D eigenvalue weighted by Gasteiger charge is -2.26. The monoisotopic (exact) mass is 386 g/mol. The molecule has 8 heteroatoms. The van der Waals surface area contributed by atoms with Crippen molar-refractivity contribution in [3.8, 4) is 0 Å². The Balaban J connectivity index is 1.20. The summed E-state index contributed by atoms with van der Waals surface area (Å²) in [5.74, 6) is 1.33. The molecule has 0 bridgehead atoms. The molecule has 3 aliphatic rings. The van der Waals surface area contributed by atoms with Crippen LogP contribution in [0.4, 0.5) is 10.6 Å². The summed E-state index contributed by atoms with van der Waals surface area (Å²) in [6.07, 6.45) is 5.33. The molecule has 0 amide bonds. The molecular weight excluding hydrogens is 360 g/mol. The minimum atomic E-state index is -0.561. The molecule has 1 saturated heterocycles. The number of hydrogen-bond donors (Lipinski definition) is 1. The number of carbonyl (C=O) groups is 1. The van der Waals surface area contributed by atoms with Crippen molar-refractivity contribution in [1.82, 2.24) is 14.6 Å². The van der Waals surface area contributed by atoms with Gasteiger partial charge in [0.2, 0.25) is 0 Å². The molecule has 2 N–H and O–H groups in total. The number of anilines is 1. The Morgan fingerprint density at radius 3 is 2.79 bits per heavy atom. The van der Waals surface area contributed by atoms with Crippen molar-refractivity contribution >= 4 is 17.5 Å². The van der Waals surface area contributed by atoms with Gasteiger partial charge in [0.1, 0.15) is 35.8 Å². The van der Waals surface area contributed by atoms with Crippen LogP contribution in [-0.4, -0.2) is 38.6 Å². The highest BCUT2D eigenvalue weighted by molar-refractivity contribution is 5.65. The van der Waals surface area contributed by atoms with Gasteiger partial charge in [-0.05, 0) is 57.1 Å². The van der Waals surface area contributed by atoms with E-state index in [-0.39, 0.29) is 24.2 Å². The van der Waals surface area contributed by atoms with E-state index in [0.717, 1.165) is 43.3 Å². The predicted molar refractivity (Wildman–Crippen MR) is 101 cm³/mol. The maximum atomic E-state index is 12.2. The summed E-state index contributed by atoms with van der Waals surface area (Å²) in [6.45, 7) is 4.24. The first kappa shape index (κ1) is 17.7. The van der Waals surface area contributed by atoms with Crippen molar-refractivity contribution in [1.29, 1.82) is 0 Å². The lowest BCUT2D eigenvalue weighted by atomic mass is 9.89. The van der Waals surface area contributed by atoms with Crippen LogP contribution in [0.5, 0.6) is 0 Å². The fourth-order valence-electron chi connectivity index (χ4n) is 4.84. The van der Waals surface area contributed by atoms with Crippen molar-refractivity contribution in [2.75, 3.05) is 5.73 Å². The third-order valence-corrected chi connectivity index (χ3v) is 6.71. The fourth-order valence-corrected chi connectivity index (χ4v) is 4.84.